The molecule has 6 nitrogen and oxygen atoms in total. The summed E-state index contributed by atoms with van der Waals surface area (Å²) in [5.74, 6) is -1.01. The molecule has 0 radical (unpaired) electrons. The quantitative estimate of drug-likeness (QED) is 0.296. The Balaban J connectivity index is 2.28. The summed E-state index contributed by atoms with van der Waals surface area (Å²) in [5, 5.41) is 3.65. The molecular weight excluding hydrogens is 412 g/mol. The van der Waals surface area contributed by atoms with Crippen LogP contribution in [0.1, 0.15) is 5.82 Å². The molecule has 164 valence electrons. The molecule has 0 saturated carbocycles. The Morgan fingerprint density at radius 3 is 2.75 bits per heavy atom. The van der Waals surface area contributed by atoms with E-state index in [0.29, 0.717) is 46.8 Å². The molecule has 0 atom stereocenters. The molecule has 0 saturated heterocycles. The van der Waals surface area contributed by atoms with Crippen LogP contribution >= 0.6 is 0 Å². The fraction of sp³-hybridized carbons (Fsp3) is 0.167. The highest BCUT2D eigenvalue weighted by Gasteiger charge is 2.18. The lowest BCUT2D eigenvalue weighted by molar-refractivity contribution is -0.106. The van der Waals surface area contributed by atoms with Crippen LogP contribution in [0, 0.1) is 11.6 Å². The second-order valence-corrected chi connectivity index (χ2v) is 6.89. The van der Waals surface area contributed by atoms with Crippen molar-refractivity contribution in [1.82, 2.24) is 15.3 Å². The smallest absolute Gasteiger partial charge is 0.166 e. The molecule has 32 heavy (non-hydrogen) atoms. The van der Waals surface area contributed by atoms with Crippen LogP contribution in [0.15, 0.2) is 60.2 Å². The lowest BCUT2D eigenvalue weighted by atomic mass is 10.0. The average Bonchev–Trinajstić information content (AvgIpc) is 2.81. The molecular formula is C24H23F2N5O. The molecule has 0 spiro atoms. The van der Waals surface area contributed by atoms with Gasteiger partial charge in [-0.2, -0.15) is 0 Å². The minimum absolute atomic E-state index is 0.0959. The van der Waals surface area contributed by atoms with Crippen LogP contribution in [0.25, 0.3) is 27.6 Å². The van der Waals surface area contributed by atoms with E-state index in [0.717, 1.165) is 12.4 Å². The Bertz CT molecular complexity index is 1190. The van der Waals surface area contributed by atoms with Crippen LogP contribution in [0.3, 0.4) is 0 Å². The summed E-state index contributed by atoms with van der Waals surface area (Å²) in [4.78, 5) is 26.2. The predicted octanol–water partition coefficient (Wildman–Crippen LogP) is 4.03. The highest BCUT2D eigenvalue weighted by atomic mass is 19.2. The van der Waals surface area contributed by atoms with Gasteiger partial charge in [-0.15, -0.1) is 0 Å². The summed E-state index contributed by atoms with van der Waals surface area (Å²) in [5.41, 5.74) is 1.73. The number of nitrogens with zero attached hydrogens (tertiary/aromatic N) is 4. The first-order valence-electron chi connectivity index (χ1n) is 9.92. The van der Waals surface area contributed by atoms with Crippen LogP contribution in [-0.2, 0) is 4.79 Å². The standard InChI is InChI=1S/C24H23F2N5O/c1-4-16(15-28-3)23-29-21-9-8-17(18-6-5-7-20(25)22(18)26)14-19(21)24(30-23)31(12-13-32)11-10-27-2/h4-9,13-15,27H,1,3,10-12H2,2H3/b16-15+. The molecule has 0 unspecified atom stereocenters. The van der Waals surface area contributed by atoms with E-state index in [1.54, 1.807) is 29.2 Å². The van der Waals surface area contributed by atoms with E-state index < -0.39 is 11.6 Å². The van der Waals surface area contributed by atoms with Gasteiger partial charge < -0.3 is 15.0 Å². The van der Waals surface area contributed by atoms with Crippen molar-refractivity contribution in [3.05, 3.63) is 72.7 Å². The number of benzene rings is 2. The van der Waals surface area contributed by atoms with Crippen molar-refractivity contribution < 1.29 is 13.6 Å². The molecule has 1 N–H and O–H groups in total. The first-order chi connectivity index (χ1) is 15.5. The number of aliphatic imine (C=N–C) groups is 1. The van der Waals surface area contributed by atoms with Crippen LogP contribution in [0.4, 0.5) is 14.6 Å². The number of halogens is 2. The number of rotatable bonds is 10. The van der Waals surface area contributed by atoms with E-state index in [1.165, 1.54) is 18.3 Å². The van der Waals surface area contributed by atoms with E-state index in [9.17, 15) is 13.6 Å². The lowest BCUT2D eigenvalue weighted by Gasteiger charge is -2.23. The molecule has 0 aliphatic heterocycles. The first kappa shape index (κ1) is 22.9. The normalized spacial score (nSPS) is 11.4. The fourth-order valence-electron chi connectivity index (χ4n) is 3.30. The largest absolute Gasteiger partial charge is 0.348 e. The van der Waals surface area contributed by atoms with Crippen molar-refractivity contribution >= 4 is 35.3 Å². The summed E-state index contributed by atoms with van der Waals surface area (Å²) in [6, 6.07) is 9.11. The number of hydrogen-bond acceptors (Lipinski definition) is 6. The topological polar surface area (TPSA) is 70.5 Å². The maximum atomic E-state index is 14.4. The number of aldehydes is 1. The van der Waals surface area contributed by atoms with Gasteiger partial charge in [0.1, 0.15) is 12.1 Å². The zero-order valence-electron chi connectivity index (χ0n) is 17.7. The number of nitrogens with one attached hydrogen (secondary N) is 1. The number of anilines is 1. The van der Waals surface area contributed by atoms with E-state index in [1.807, 2.05) is 7.05 Å². The molecule has 0 bridgehead atoms. The van der Waals surface area contributed by atoms with Crippen molar-refractivity contribution in [2.45, 2.75) is 0 Å². The second kappa shape index (κ2) is 10.5. The number of carbonyl (C=O) groups is 1. The minimum atomic E-state index is -0.931. The van der Waals surface area contributed by atoms with Gasteiger partial charge in [0.15, 0.2) is 17.5 Å². The molecule has 1 aromatic heterocycles. The van der Waals surface area contributed by atoms with E-state index in [2.05, 4.69) is 33.6 Å². The van der Waals surface area contributed by atoms with Gasteiger partial charge in [0, 0.05) is 35.8 Å². The summed E-state index contributed by atoms with van der Waals surface area (Å²) >= 11 is 0. The maximum absolute atomic E-state index is 14.4. The van der Waals surface area contributed by atoms with Crippen molar-refractivity contribution in [3.8, 4) is 11.1 Å². The third-order valence-electron chi connectivity index (χ3n) is 4.87. The molecule has 0 aliphatic rings. The Morgan fingerprint density at radius 1 is 1.25 bits per heavy atom. The van der Waals surface area contributed by atoms with Gasteiger partial charge in [-0.05, 0) is 37.5 Å². The number of aromatic nitrogens is 2. The van der Waals surface area contributed by atoms with Crippen LogP contribution < -0.4 is 10.2 Å². The van der Waals surface area contributed by atoms with Gasteiger partial charge in [-0.1, -0.05) is 30.9 Å². The zero-order chi connectivity index (χ0) is 23.1. The Labute approximate surface area is 185 Å². The van der Waals surface area contributed by atoms with Gasteiger partial charge in [0.05, 0.1) is 12.1 Å². The first-order valence-corrected chi connectivity index (χ1v) is 9.92. The van der Waals surface area contributed by atoms with E-state index in [-0.39, 0.29) is 12.1 Å². The number of fused-ring (bicyclic) bond motifs is 1. The minimum Gasteiger partial charge on any atom is -0.348 e. The number of hydrogen-bond donors (Lipinski definition) is 1. The van der Waals surface area contributed by atoms with Crippen molar-refractivity contribution in [2.75, 3.05) is 31.6 Å². The predicted molar refractivity (Wildman–Crippen MR) is 125 cm³/mol. The van der Waals surface area contributed by atoms with Gasteiger partial charge in [-0.25, -0.2) is 18.7 Å². The van der Waals surface area contributed by atoms with Crippen LogP contribution in [0.5, 0.6) is 0 Å². The molecule has 3 rings (SSSR count). The highest BCUT2D eigenvalue weighted by Crippen LogP contribution is 2.32. The molecule has 1 heterocycles. The summed E-state index contributed by atoms with van der Waals surface area (Å²) in [6.45, 7) is 8.43. The summed E-state index contributed by atoms with van der Waals surface area (Å²) in [6.07, 6.45) is 3.84. The number of likely N-dealkylation sites (N-methyl/N-ethyl adjacent to an activating group) is 1. The lowest BCUT2D eigenvalue weighted by Crippen LogP contribution is -2.33. The molecule has 2 aromatic carbocycles. The molecule has 3 aromatic rings. The third kappa shape index (κ3) is 4.76. The Hall–Kier alpha value is -3.78. The molecule has 0 fully saturated rings. The monoisotopic (exact) mass is 435 g/mol. The average molecular weight is 435 g/mol. The van der Waals surface area contributed by atoms with Crippen molar-refractivity contribution in [3.63, 3.8) is 0 Å². The van der Waals surface area contributed by atoms with Gasteiger partial charge in [0.25, 0.3) is 0 Å². The molecule has 8 heteroatoms. The zero-order valence-corrected chi connectivity index (χ0v) is 17.7. The highest BCUT2D eigenvalue weighted by molar-refractivity contribution is 5.95. The van der Waals surface area contributed by atoms with E-state index in [4.69, 9.17) is 0 Å². The van der Waals surface area contributed by atoms with Crippen molar-refractivity contribution in [1.29, 1.82) is 0 Å². The van der Waals surface area contributed by atoms with Crippen LogP contribution in [0.2, 0.25) is 0 Å². The Kier molecular flexibility index (Phi) is 7.51. The maximum Gasteiger partial charge on any atom is 0.166 e. The summed E-state index contributed by atoms with van der Waals surface area (Å²) in [7, 11) is 1.81. The molecule has 0 amide bonds. The third-order valence-corrected chi connectivity index (χ3v) is 4.87. The van der Waals surface area contributed by atoms with Crippen molar-refractivity contribution in [2.24, 2.45) is 4.99 Å². The number of carbonyl (C=O) groups excluding carboxylic acids is 1. The molecule has 0 aliphatic carbocycles. The Morgan fingerprint density at radius 2 is 2.06 bits per heavy atom. The van der Waals surface area contributed by atoms with Gasteiger partial charge in [0.2, 0.25) is 0 Å². The van der Waals surface area contributed by atoms with Gasteiger partial charge >= 0.3 is 0 Å². The van der Waals surface area contributed by atoms with Crippen LogP contribution in [-0.4, -0.2) is 49.7 Å². The van der Waals surface area contributed by atoms with E-state index >= 15 is 0 Å². The van der Waals surface area contributed by atoms with Gasteiger partial charge in [-0.3, -0.25) is 4.99 Å². The SMILES string of the molecule is C=C/C(=C\N=C)c1nc(N(CC=O)CCNC)c2cc(-c3cccc(F)c3F)ccc2n1. The fourth-order valence-corrected chi connectivity index (χ4v) is 3.30. The second-order valence-electron chi connectivity index (χ2n) is 6.89. The summed E-state index contributed by atoms with van der Waals surface area (Å²) < 4.78 is 28.2. The number of allylic oxidation sites excluding steroid dienone is 2.